The highest BCUT2D eigenvalue weighted by Gasteiger charge is 2.14. The first-order valence-corrected chi connectivity index (χ1v) is 6.39. The Morgan fingerprint density at radius 3 is 2.90 bits per heavy atom. The number of hydrogen-bond acceptors (Lipinski definition) is 5. The van der Waals surface area contributed by atoms with Crippen LogP contribution in [0.3, 0.4) is 0 Å². The summed E-state index contributed by atoms with van der Waals surface area (Å²) in [6.45, 7) is 0.0585. The van der Waals surface area contributed by atoms with E-state index in [9.17, 15) is 9.59 Å². The standard InChI is InChI=1S/C11H8BrN5O3/c12-7-3-1-2-6(4-7)9-16-20-11(19)17(9)5-8-13-10(18)15-14-8/h1-4H,5H2,(H2,13,14,15,18). The van der Waals surface area contributed by atoms with Gasteiger partial charge >= 0.3 is 11.4 Å². The summed E-state index contributed by atoms with van der Waals surface area (Å²) in [5.74, 6) is 0.0560. The van der Waals surface area contributed by atoms with E-state index in [4.69, 9.17) is 0 Å². The van der Waals surface area contributed by atoms with Crippen LogP contribution in [0.15, 0.2) is 42.9 Å². The third kappa shape index (κ3) is 2.35. The van der Waals surface area contributed by atoms with Crippen LogP contribution in [0.25, 0.3) is 11.4 Å². The molecular formula is C11H8BrN5O3. The summed E-state index contributed by atoms with van der Waals surface area (Å²) in [4.78, 5) is 25.2. The molecule has 9 heteroatoms. The van der Waals surface area contributed by atoms with Gasteiger partial charge < -0.3 is 0 Å². The average molecular weight is 338 g/mol. The predicted molar refractivity (Wildman–Crippen MR) is 72.2 cm³/mol. The van der Waals surface area contributed by atoms with Gasteiger partial charge in [0.15, 0.2) is 11.6 Å². The second-order valence-electron chi connectivity index (χ2n) is 3.99. The summed E-state index contributed by atoms with van der Waals surface area (Å²) in [5.41, 5.74) is 0.275. The lowest BCUT2D eigenvalue weighted by molar-refractivity contribution is 0.377. The SMILES string of the molecule is O=c1[nH]nc(Cn2c(-c3cccc(Br)c3)noc2=O)[nH]1. The maximum atomic E-state index is 11.7. The van der Waals surface area contributed by atoms with Gasteiger partial charge in [-0.05, 0) is 12.1 Å². The lowest BCUT2D eigenvalue weighted by atomic mass is 10.2. The fourth-order valence-electron chi connectivity index (χ4n) is 1.77. The van der Waals surface area contributed by atoms with Crippen LogP contribution < -0.4 is 11.4 Å². The van der Waals surface area contributed by atoms with Crippen molar-refractivity contribution in [1.82, 2.24) is 24.9 Å². The maximum absolute atomic E-state index is 11.7. The number of nitrogens with zero attached hydrogens (tertiary/aromatic N) is 3. The smallest absolute Gasteiger partial charge is 0.295 e. The summed E-state index contributed by atoms with van der Waals surface area (Å²) < 4.78 is 6.82. The first-order valence-electron chi connectivity index (χ1n) is 5.59. The van der Waals surface area contributed by atoms with E-state index in [-0.39, 0.29) is 6.54 Å². The largest absolute Gasteiger partial charge is 0.442 e. The van der Waals surface area contributed by atoms with Crippen molar-refractivity contribution in [2.24, 2.45) is 0 Å². The van der Waals surface area contributed by atoms with E-state index < -0.39 is 11.4 Å². The summed E-state index contributed by atoms with van der Waals surface area (Å²) in [7, 11) is 0. The van der Waals surface area contributed by atoms with Gasteiger partial charge in [-0.3, -0.25) is 9.51 Å². The van der Waals surface area contributed by atoms with Crippen LogP contribution in [0.1, 0.15) is 5.82 Å². The van der Waals surface area contributed by atoms with Crippen LogP contribution in [0.4, 0.5) is 0 Å². The lowest BCUT2D eigenvalue weighted by Crippen LogP contribution is -2.17. The van der Waals surface area contributed by atoms with Crippen molar-refractivity contribution in [3.05, 3.63) is 55.6 Å². The molecule has 2 aromatic heterocycles. The molecule has 2 N–H and O–H groups in total. The van der Waals surface area contributed by atoms with Crippen LogP contribution in [0.5, 0.6) is 0 Å². The first kappa shape index (κ1) is 12.6. The third-order valence-corrected chi connectivity index (χ3v) is 3.12. The number of nitrogens with one attached hydrogen (secondary N) is 2. The van der Waals surface area contributed by atoms with E-state index in [0.717, 1.165) is 4.47 Å². The Morgan fingerprint density at radius 1 is 1.35 bits per heavy atom. The van der Waals surface area contributed by atoms with E-state index in [1.807, 2.05) is 12.1 Å². The molecule has 2 heterocycles. The van der Waals surface area contributed by atoms with E-state index in [0.29, 0.717) is 17.2 Å². The van der Waals surface area contributed by atoms with Gasteiger partial charge in [-0.15, -0.1) is 0 Å². The van der Waals surface area contributed by atoms with Gasteiger partial charge in [0, 0.05) is 10.0 Å². The number of rotatable bonds is 3. The Hall–Kier alpha value is -2.42. The lowest BCUT2D eigenvalue weighted by Gasteiger charge is -2.02. The van der Waals surface area contributed by atoms with Crippen LogP contribution in [-0.2, 0) is 6.54 Å². The topological polar surface area (TPSA) is 110 Å². The van der Waals surface area contributed by atoms with Gasteiger partial charge in [-0.1, -0.05) is 33.2 Å². The zero-order valence-corrected chi connectivity index (χ0v) is 11.5. The number of benzene rings is 1. The molecule has 0 bridgehead atoms. The highest BCUT2D eigenvalue weighted by Crippen LogP contribution is 2.20. The van der Waals surface area contributed by atoms with Crippen LogP contribution in [0, 0.1) is 0 Å². The summed E-state index contributed by atoms with van der Waals surface area (Å²) >= 11 is 3.35. The van der Waals surface area contributed by atoms with Crippen molar-refractivity contribution in [3.63, 3.8) is 0 Å². The Balaban J connectivity index is 2.05. The van der Waals surface area contributed by atoms with E-state index in [2.05, 4.69) is 40.8 Å². The van der Waals surface area contributed by atoms with Crippen molar-refractivity contribution in [1.29, 1.82) is 0 Å². The normalized spacial score (nSPS) is 10.8. The van der Waals surface area contributed by atoms with E-state index >= 15 is 0 Å². The molecule has 3 rings (SSSR count). The van der Waals surface area contributed by atoms with Crippen molar-refractivity contribution in [3.8, 4) is 11.4 Å². The fraction of sp³-hybridized carbons (Fsp3) is 0.0909. The molecule has 20 heavy (non-hydrogen) atoms. The molecule has 0 aliphatic rings. The van der Waals surface area contributed by atoms with Gasteiger partial charge in [0.1, 0.15) is 0 Å². The first-order chi connectivity index (χ1) is 9.63. The molecule has 8 nitrogen and oxygen atoms in total. The van der Waals surface area contributed by atoms with Crippen molar-refractivity contribution in [2.45, 2.75) is 6.54 Å². The van der Waals surface area contributed by atoms with Gasteiger partial charge in [-0.2, -0.15) is 5.10 Å². The molecule has 0 atom stereocenters. The number of hydrogen-bond donors (Lipinski definition) is 2. The number of H-pyrrole nitrogens is 2. The van der Waals surface area contributed by atoms with Gasteiger partial charge in [0.05, 0.1) is 6.54 Å². The molecule has 0 fully saturated rings. The maximum Gasteiger partial charge on any atom is 0.442 e. The predicted octanol–water partition coefficient (Wildman–Crippen LogP) is 0.725. The van der Waals surface area contributed by atoms with Gasteiger partial charge in [0.2, 0.25) is 0 Å². The number of aromatic amines is 2. The van der Waals surface area contributed by atoms with E-state index in [1.54, 1.807) is 12.1 Å². The Kier molecular flexibility index (Phi) is 3.11. The van der Waals surface area contributed by atoms with Crippen LogP contribution in [-0.4, -0.2) is 24.9 Å². The summed E-state index contributed by atoms with van der Waals surface area (Å²) in [6, 6.07) is 7.28. The zero-order chi connectivity index (χ0) is 14.1. The zero-order valence-electron chi connectivity index (χ0n) is 9.96. The molecule has 0 unspecified atom stereocenters. The highest BCUT2D eigenvalue weighted by atomic mass is 79.9. The molecule has 1 aromatic carbocycles. The Bertz CT molecular complexity index is 859. The van der Waals surface area contributed by atoms with Crippen LogP contribution >= 0.6 is 15.9 Å². The third-order valence-electron chi connectivity index (χ3n) is 2.63. The minimum atomic E-state index is -0.621. The molecule has 0 aliphatic heterocycles. The quantitative estimate of drug-likeness (QED) is 0.731. The Morgan fingerprint density at radius 2 is 2.20 bits per heavy atom. The molecule has 0 saturated carbocycles. The van der Waals surface area contributed by atoms with Crippen LogP contribution in [0.2, 0.25) is 0 Å². The fourth-order valence-corrected chi connectivity index (χ4v) is 2.17. The molecular weight excluding hydrogens is 330 g/mol. The van der Waals surface area contributed by atoms with Gasteiger partial charge in [0.25, 0.3) is 0 Å². The van der Waals surface area contributed by atoms with Crippen molar-refractivity contribution in [2.75, 3.05) is 0 Å². The van der Waals surface area contributed by atoms with Crippen molar-refractivity contribution >= 4 is 15.9 Å². The number of aromatic nitrogens is 5. The minimum Gasteiger partial charge on any atom is -0.295 e. The molecule has 102 valence electrons. The van der Waals surface area contributed by atoms with Crippen molar-refractivity contribution < 1.29 is 4.52 Å². The second kappa shape index (κ2) is 4.93. The highest BCUT2D eigenvalue weighted by molar-refractivity contribution is 9.10. The molecule has 0 amide bonds. The van der Waals surface area contributed by atoms with E-state index in [1.165, 1.54) is 4.57 Å². The molecule has 0 saturated heterocycles. The molecule has 0 radical (unpaired) electrons. The minimum absolute atomic E-state index is 0.0585. The molecule has 0 aliphatic carbocycles. The summed E-state index contributed by atoms with van der Waals surface area (Å²) in [6.07, 6.45) is 0. The molecule has 0 spiro atoms. The van der Waals surface area contributed by atoms with Gasteiger partial charge in [-0.25, -0.2) is 19.3 Å². The average Bonchev–Trinajstić information content (AvgIpc) is 2.98. The number of halogens is 1. The summed E-state index contributed by atoms with van der Waals surface area (Å²) in [5, 5.41) is 9.74. The second-order valence-corrected chi connectivity index (χ2v) is 4.91. The Labute approximate surface area is 119 Å². The monoisotopic (exact) mass is 337 g/mol. The molecule has 3 aromatic rings.